The predicted octanol–water partition coefficient (Wildman–Crippen LogP) is 5.99. The molecule has 0 aliphatic heterocycles. The van der Waals surface area contributed by atoms with E-state index in [0.29, 0.717) is 0 Å². The molecular weight excluding hydrogens is 423 g/mol. The number of rotatable bonds is 4. The molecule has 0 bridgehead atoms. The van der Waals surface area contributed by atoms with E-state index >= 15 is 0 Å². The fourth-order valence-electron chi connectivity index (χ4n) is 1.86. The van der Waals surface area contributed by atoms with Crippen LogP contribution in [-0.2, 0) is 0 Å². The largest absolute Gasteiger partial charge is 0.478 e. The lowest BCUT2D eigenvalue weighted by Gasteiger charge is -2.21. The summed E-state index contributed by atoms with van der Waals surface area (Å²) >= 11 is 30.4. The van der Waals surface area contributed by atoms with Gasteiger partial charge < -0.3 is 10.2 Å². The summed E-state index contributed by atoms with van der Waals surface area (Å²) in [4.78, 5) is 22.0. The van der Waals surface area contributed by atoms with E-state index in [0.717, 1.165) is 28.7 Å². The first-order chi connectivity index (χ1) is 11.1. The molecule has 24 heavy (non-hydrogen) atoms. The number of anilines is 2. The molecule has 0 fully saturated rings. The number of carbonyl (C=O) groups is 2. The Kier molecular flexibility index (Phi) is 5.73. The average Bonchev–Trinajstić information content (AvgIpc) is 2.45. The van der Waals surface area contributed by atoms with E-state index in [1.165, 1.54) is 0 Å². The molecule has 2 rings (SSSR count). The fourth-order valence-corrected chi connectivity index (χ4v) is 3.71. The summed E-state index contributed by atoms with van der Waals surface area (Å²) in [5, 5.41) is 17.8. The van der Waals surface area contributed by atoms with Crippen molar-refractivity contribution < 1.29 is 19.8 Å². The van der Waals surface area contributed by atoms with Gasteiger partial charge >= 0.3 is 11.9 Å². The number of hydrogen-bond acceptors (Lipinski definition) is 3. The SMILES string of the molecule is O=C(O)c1cc(Cl)c(N(Cl)c2c(Cl)cc(C(=O)O)cc2Cl)c(Cl)c1. The molecule has 0 saturated heterocycles. The number of carboxylic acids is 2. The summed E-state index contributed by atoms with van der Waals surface area (Å²) in [7, 11) is 0. The zero-order valence-electron chi connectivity index (χ0n) is 11.4. The molecule has 0 unspecified atom stereocenters. The van der Waals surface area contributed by atoms with Crippen LogP contribution in [-0.4, -0.2) is 22.2 Å². The Morgan fingerprint density at radius 3 is 1.17 bits per heavy atom. The van der Waals surface area contributed by atoms with Crippen molar-refractivity contribution in [2.24, 2.45) is 0 Å². The van der Waals surface area contributed by atoms with Gasteiger partial charge in [0.15, 0.2) is 0 Å². The topological polar surface area (TPSA) is 77.8 Å². The number of halogens is 5. The molecule has 0 heterocycles. The van der Waals surface area contributed by atoms with Crippen molar-refractivity contribution in [3.05, 3.63) is 55.5 Å². The van der Waals surface area contributed by atoms with E-state index in [-0.39, 0.29) is 42.6 Å². The lowest BCUT2D eigenvalue weighted by molar-refractivity contribution is 0.0686. The molecule has 0 aliphatic rings. The van der Waals surface area contributed by atoms with Gasteiger partial charge in [-0.25, -0.2) is 14.0 Å². The van der Waals surface area contributed by atoms with Gasteiger partial charge in [0, 0.05) is 11.8 Å². The molecule has 2 aromatic carbocycles. The maximum Gasteiger partial charge on any atom is 0.335 e. The predicted molar refractivity (Wildman–Crippen MR) is 94.8 cm³/mol. The number of carboxylic acid groups (broad SMARTS) is 2. The molecule has 0 spiro atoms. The molecule has 5 nitrogen and oxygen atoms in total. The Hall–Kier alpha value is -1.37. The monoisotopic (exact) mass is 427 g/mol. The minimum atomic E-state index is -1.21. The lowest BCUT2D eigenvalue weighted by atomic mass is 10.1. The quantitative estimate of drug-likeness (QED) is 0.584. The highest BCUT2D eigenvalue weighted by atomic mass is 35.5. The van der Waals surface area contributed by atoms with Crippen molar-refractivity contribution in [1.29, 1.82) is 0 Å². The summed E-state index contributed by atoms with van der Waals surface area (Å²) in [5.41, 5.74) is -0.150. The van der Waals surface area contributed by atoms with Crippen molar-refractivity contribution in [2.45, 2.75) is 0 Å². The summed E-state index contributed by atoms with van der Waals surface area (Å²) in [6, 6.07) is 4.64. The molecule has 0 saturated carbocycles. The van der Waals surface area contributed by atoms with E-state index in [1.54, 1.807) is 0 Å². The van der Waals surface area contributed by atoms with Crippen LogP contribution in [0.15, 0.2) is 24.3 Å². The number of hydrogen-bond donors (Lipinski definition) is 2. The van der Waals surface area contributed by atoms with Crippen LogP contribution in [0.5, 0.6) is 0 Å². The summed E-state index contributed by atoms with van der Waals surface area (Å²) in [6.07, 6.45) is 0. The van der Waals surface area contributed by atoms with Gasteiger partial charge in [0.25, 0.3) is 0 Å². The van der Waals surface area contributed by atoms with E-state index < -0.39 is 11.9 Å². The second-order valence-electron chi connectivity index (χ2n) is 4.47. The van der Waals surface area contributed by atoms with Gasteiger partial charge in [-0.15, -0.1) is 0 Å². The molecule has 0 aliphatic carbocycles. The van der Waals surface area contributed by atoms with Crippen LogP contribution < -0.4 is 4.42 Å². The Morgan fingerprint density at radius 2 is 0.958 bits per heavy atom. The van der Waals surface area contributed by atoms with Crippen molar-refractivity contribution in [2.75, 3.05) is 4.42 Å². The molecule has 126 valence electrons. The molecule has 0 radical (unpaired) electrons. The zero-order valence-corrected chi connectivity index (χ0v) is 15.1. The minimum Gasteiger partial charge on any atom is -0.478 e. The van der Waals surface area contributed by atoms with Crippen molar-refractivity contribution in [3.8, 4) is 0 Å². The van der Waals surface area contributed by atoms with Crippen LogP contribution in [0.2, 0.25) is 20.1 Å². The highest BCUT2D eigenvalue weighted by Gasteiger charge is 2.23. The van der Waals surface area contributed by atoms with Crippen LogP contribution in [0.3, 0.4) is 0 Å². The van der Waals surface area contributed by atoms with Gasteiger partial charge in [-0.3, -0.25) is 0 Å². The summed E-state index contributed by atoms with van der Waals surface area (Å²) in [5.74, 6) is -2.43. The van der Waals surface area contributed by atoms with Gasteiger partial charge in [0.1, 0.15) is 0 Å². The first kappa shape index (κ1) is 19.0. The molecular formula is C14H6Cl5NO4. The first-order valence-electron chi connectivity index (χ1n) is 6.04. The van der Waals surface area contributed by atoms with Gasteiger partial charge in [0.2, 0.25) is 0 Å². The first-order valence-corrected chi connectivity index (χ1v) is 7.89. The van der Waals surface area contributed by atoms with E-state index in [9.17, 15) is 9.59 Å². The summed E-state index contributed by atoms with van der Waals surface area (Å²) < 4.78 is 0.937. The Labute approximate surface area is 161 Å². The number of aromatic carboxylic acids is 2. The van der Waals surface area contributed by atoms with Gasteiger partial charge in [-0.1, -0.05) is 46.4 Å². The van der Waals surface area contributed by atoms with Gasteiger partial charge in [-0.2, -0.15) is 0 Å². The Balaban J connectivity index is 2.60. The van der Waals surface area contributed by atoms with E-state index in [2.05, 4.69) is 0 Å². The van der Waals surface area contributed by atoms with E-state index in [4.69, 9.17) is 68.4 Å². The van der Waals surface area contributed by atoms with E-state index in [1.807, 2.05) is 0 Å². The Bertz CT molecular complexity index is 740. The molecule has 2 aromatic rings. The minimum absolute atomic E-state index is 0.0515. The maximum absolute atomic E-state index is 11.0. The highest BCUT2D eigenvalue weighted by Crippen LogP contribution is 2.45. The second-order valence-corrected chi connectivity index (χ2v) is 6.43. The molecule has 0 atom stereocenters. The highest BCUT2D eigenvalue weighted by molar-refractivity contribution is 6.47. The van der Waals surface area contributed by atoms with Gasteiger partial charge in [0.05, 0.1) is 42.6 Å². The zero-order chi connectivity index (χ0) is 18.2. The normalized spacial score (nSPS) is 10.5. The third-order valence-electron chi connectivity index (χ3n) is 2.92. The fraction of sp³-hybridized carbons (Fsp3) is 0. The van der Waals surface area contributed by atoms with Crippen LogP contribution in [0.25, 0.3) is 0 Å². The number of nitrogens with zero attached hydrogens (tertiary/aromatic N) is 1. The molecule has 10 heteroatoms. The Morgan fingerprint density at radius 1 is 0.708 bits per heavy atom. The molecule has 0 amide bonds. The van der Waals surface area contributed by atoms with Crippen molar-refractivity contribution in [3.63, 3.8) is 0 Å². The third-order valence-corrected chi connectivity index (χ3v) is 4.41. The average molecular weight is 429 g/mol. The summed E-state index contributed by atoms with van der Waals surface area (Å²) in [6.45, 7) is 0. The maximum atomic E-state index is 11.0. The second kappa shape index (κ2) is 7.25. The molecule has 0 aromatic heterocycles. The van der Waals surface area contributed by atoms with Crippen LogP contribution in [0.1, 0.15) is 20.7 Å². The lowest BCUT2D eigenvalue weighted by Crippen LogP contribution is -2.08. The van der Waals surface area contributed by atoms with Gasteiger partial charge in [-0.05, 0) is 24.3 Å². The van der Waals surface area contributed by atoms with Crippen molar-refractivity contribution >= 4 is 81.5 Å². The smallest absolute Gasteiger partial charge is 0.335 e. The van der Waals surface area contributed by atoms with Crippen LogP contribution in [0.4, 0.5) is 11.4 Å². The molecule has 2 N–H and O–H groups in total. The van der Waals surface area contributed by atoms with Crippen LogP contribution >= 0.6 is 58.2 Å². The third kappa shape index (κ3) is 3.66. The standard InChI is InChI=1S/C14H6Cl5NO4/c15-7-1-5(13(21)22)2-8(16)11(7)20(19)12-9(17)3-6(14(23)24)4-10(12)18/h1-4H,(H,21,22)(H,23,24). The van der Waals surface area contributed by atoms with Crippen molar-refractivity contribution in [1.82, 2.24) is 0 Å². The van der Waals surface area contributed by atoms with Crippen LogP contribution in [0, 0.1) is 0 Å². The number of benzene rings is 2.